The monoisotopic (exact) mass is 332 g/mol. The van der Waals surface area contributed by atoms with Crippen molar-refractivity contribution >= 4 is 11.9 Å². The van der Waals surface area contributed by atoms with E-state index in [4.69, 9.17) is 0 Å². The van der Waals surface area contributed by atoms with Crippen LogP contribution in [0.3, 0.4) is 0 Å². The lowest BCUT2D eigenvalue weighted by Gasteiger charge is -2.14. The summed E-state index contributed by atoms with van der Waals surface area (Å²) in [7, 11) is 3.46. The van der Waals surface area contributed by atoms with Crippen molar-refractivity contribution in [2.45, 2.75) is 38.3 Å². The molecule has 1 heterocycles. The maximum atomic E-state index is 11.7. The standard InChI is InChI=1S/C17H28N6O/c1-4-10-18-17(20-13-16(24)22(2)3)19-12-14-9-11-23(21-14)15-7-5-6-8-15/h4,9,11,15H,1,5-8,10,12-13H2,2-3H3,(H2,18,19,20). The van der Waals surface area contributed by atoms with E-state index < -0.39 is 0 Å². The molecule has 1 aromatic rings. The van der Waals surface area contributed by atoms with Crippen molar-refractivity contribution in [3.8, 4) is 0 Å². The minimum absolute atomic E-state index is 0.00591. The fraction of sp³-hybridized carbons (Fsp3) is 0.588. The van der Waals surface area contributed by atoms with Gasteiger partial charge in [-0.3, -0.25) is 9.48 Å². The Morgan fingerprint density at radius 1 is 1.46 bits per heavy atom. The highest BCUT2D eigenvalue weighted by Gasteiger charge is 2.17. The molecular formula is C17H28N6O. The predicted molar refractivity (Wildman–Crippen MR) is 95.8 cm³/mol. The molecule has 1 saturated carbocycles. The summed E-state index contributed by atoms with van der Waals surface area (Å²) in [5, 5.41) is 10.8. The number of likely N-dealkylation sites (N-methyl/N-ethyl adjacent to an activating group) is 1. The van der Waals surface area contributed by atoms with Crippen molar-refractivity contribution in [2.75, 3.05) is 27.2 Å². The first-order valence-electron chi connectivity index (χ1n) is 8.47. The van der Waals surface area contributed by atoms with Crippen molar-refractivity contribution in [2.24, 2.45) is 4.99 Å². The largest absolute Gasteiger partial charge is 0.353 e. The zero-order chi connectivity index (χ0) is 17.4. The van der Waals surface area contributed by atoms with E-state index in [1.165, 1.54) is 25.7 Å². The molecule has 7 heteroatoms. The molecule has 0 aromatic carbocycles. The zero-order valence-corrected chi connectivity index (χ0v) is 14.7. The van der Waals surface area contributed by atoms with Gasteiger partial charge in [-0.15, -0.1) is 6.58 Å². The van der Waals surface area contributed by atoms with Crippen LogP contribution >= 0.6 is 0 Å². The van der Waals surface area contributed by atoms with Crippen LogP contribution in [0.25, 0.3) is 0 Å². The lowest BCUT2D eigenvalue weighted by Crippen LogP contribution is -2.43. The normalized spacial score (nSPS) is 15.3. The Bertz CT molecular complexity index is 571. The van der Waals surface area contributed by atoms with E-state index in [1.54, 1.807) is 25.1 Å². The number of hydrogen-bond donors (Lipinski definition) is 2. The second-order valence-corrected chi connectivity index (χ2v) is 6.20. The van der Waals surface area contributed by atoms with Crippen LogP contribution in [0.4, 0.5) is 0 Å². The summed E-state index contributed by atoms with van der Waals surface area (Å²) in [6, 6.07) is 2.55. The van der Waals surface area contributed by atoms with Gasteiger partial charge in [0.15, 0.2) is 5.96 Å². The fourth-order valence-corrected chi connectivity index (χ4v) is 2.65. The third-order valence-corrected chi connectivity index (χ3v) is 4.08. The van der Waals surface area contributed by atoms with Crippen LogP contribution in [0.5, 0.6) is 0 Å². The van der Waals surface area contributed by atoms with Gasteiger partial charge in [-0.05, 0) is 18.9 Å². The molecular weight excluding hydrogens is 304 g/mol. The van der Waals surface area contributed by atoms with Gasteiger partial charge in [0.2, 0.25) is 5.91 Å². The van der Waals surface area contributed by atoms with Gasteiger partial charge in [0, 0.05) is 26.8 Å². The first-order chi connectivity index (χ1) is 11.6. The van der Waals surface area contributed by atoms with Gasteiger partial charge in [0.1, 0.15) is 0 Å². The molecule has 1 aliphatic rings. The summed E-state index contributed by atoms with van der Waals surface area (Å²) in [4.78, 5) is 17.7. The number of amides is 1. The number of nitrogens with zero attached hydrogens (tertiary/aromatic N) is 4. The first kappa shape index (κ1) is 18.0. The van der Waals surface area contributed by atoms with Crippen molar-refractivity contribution in [1.82, 2.24) is 25.3 Å². The van der Waals surface area contributed by atoms with E-state index in [0.29, 0.717) is 25.1 Å². The van der Waals surface area contributed by atoms with Gasteiger partial charge in [-0.2, -0.15) is 5.10 Å². The van der Waals surface area contributed by atoms with Crippen LogP contribution in [-0.4, -0.2) is 53.7 Å². The molecule has 132 valence electrons. The van der Waals surface area contributed by atoms with E-state index >= 15 is 0 Å². The van der Waals surface area contributed by atoms with Crippen molar-refractivity contribution in [3.63, 3.8) is 0 Å². The van der Waals surface area contributed by atoms with E-state index in [0.717, 1.165) is 5.69 Å². The fourth-order valence-electron chi connectivity index (χ4n) is 2.65. The number of rotatable bonds is 7. The zero-order valence-electron chi connectivity index (χ0n) is 14.7. The Labute approximate surface area is 143 Å². The summed E-state index contributed by atoms with van der Waals surface area (Å²) in [5.41, 5.74) is 0.931. The van der Waals surface area contributed by atoms with Crippen LogP contribution in [-0.2, 0) is 11.3 Å². The molecule has 0 aliphatic heterocycles. The predicted octanol–water partition coefficient (Wildman–Crippen LogP) is 1.31. The third kappa shape index (κ3) is 5.40. The highest BCUT2D eigenvalue weighted by molar-refractivity contribution is 5.86. The van der Waals surface area contributed by atoms with Crippen molar-refractivity contribution in [1.29, 1.82) is 0 Å². The number of carbonyl (C=O) groups excluding carboxylic acids is 1. The third-order valence-electron chi connectivity index (χ3n) is 4.08. The number of aliphatic imine (C=N–C) groups is 1. The second-order valence-electron chi connectivity index (χ2n) is 6.20. The van der Waals surface area contributed by atoms with Gasteiger partial charge in [0.25, 0.3) is 0 Å². The summed E-state index contributed by atoms with van der Waals surface area (Å²) in [6.45, 7) is 4.94. The van der Waals surface area contributed by atoms with Crippen LogP contribution in [0, 0.1) is 0 Å². The Balaban J connectivity index is 1.92. The van der Waals surface area contributed by atoms with Crippen molar-refractivity contribution in [3.05, 3.63) is 30.6 Å². The lowest BCUT2D eigenvalue weighted by atomic mass is 10.3. The average Bonchev–Trinajstić information content (AvgIpc) is 3.24. The summed E-state index contributed by atoms with van der Waals surface area (Å²) < 4.78 is 2.07. The number of aromatic nitrogens is 2. The molecule has 0 spiro atoms. The highest BCUT2D eigenvalue weighted by Crippen LogP contribution is 2.28. The first-order valence-corrected chi connectivity index (χ1v) is 8.47. The maximum absolute atomic E-state index is 11.7. The molecule has 1 aliphatic carbocycles. The molecule has 0 saturated heterocycles. The van der Waals surface area contributed by atoms with E-state index in [2.05, 4.69) is 32.0 Å². The van der Waals surface area contributed by atoms with Gasteiger partial charge >= 0.3 is 0 Å². The summed E-state index contributed by atoms with van der Waals surface area (Å²) in [5.74, 6) is 0.578. The quantitative estimate of drug-likeness (QED) is 0.448. The molecule has 1 aromatic heterocycles. The molecule has 0 bridgehead atoms. The molecule has 0 radical (unpaired) electrons. The van der Waals surface area contributed by atoms with E-state index in [9.17, 15) is 4.79 Å². The van der Waals surface area contributed by atoms with E-state index in [1.807, 2.05) is 12.3 Å². The highest BCUT2D eigenvalue weighted by atomic mass is 16.2. The second kappa shape index (κ2) is 9.10. The van der Waals surface area contributed by atoms with Gasteiger partial charge in [-0.1, -0.05) is 18.9 Å². The minimum atomic E-state index is -0.00591. The summed E-state index contributed by atoms with van der Waals surface area (Å²) >= 11 is 0. The maximum Gasteiger partial charge on any atom is 0.241 e. The van der Waals surface area contributed by atoms with Crippen LogP contribution < -0.4 is 10.6 Å². The Hall–Kier alpha value is -2.31. The lowest BCUT2D eigenvalue weighted by molar-refractivity contribution is -0.127. The molecule has 1 amide bonds. The minimum Gasteiger partial charge on any atom is -0.353 e. The molecule has 2 N–H and O–H groups in total. The number of carbonyl (C=O) groups is 1. The number of nitrogens with one attached hydrogen (secondary N) is 2. The van der Waals surface area contributed by atoms with Gasteiger partial charge < -0.3 is 15.5 Å². The molecule has 0 unspecified atom stereocenters. The van der Waals surface area contributed by atoms with Crippen molar-refractivity contribution < 1.29 is 4.79 Å². The SMILES string of the molecule is C=CCNC(=NCc1ccn(C2CCCC2)n1)NCC(=O)N(C)C. The van der Waals surface area contributed by atoms with Crippen LogP contribution in [0.2, 0.25) is 0 Å². The van der Waals surface area contributed by atoms with Gasteiger partial charge in [-0.25, -0.2) is 4.99 Å². The van der Waals surface area contributed by atoms with Crippen LogP contribution in [0.15, 0.2) is 29.9 Å². The molecule has 1 fully saturated rings. The van der Waals surface area contributed by atoms with Crippen LogP contribution in [0.1, 0.15) is 37.4 Å². The number of hydrogen-bond acceptors (Lipinski definition) is 3. The Morgan fingerprint density at radius 3 is 2.88 bits per heavy atom. The Kier molecular flexibility index (Phi) is 6.84. The molecule has 24 heavy (non-hydrogen) atoms. The molecule has 7 nitrogen and oxygen atoms in total. The number of guanidine groups is 1. The Morgan fingerprint density at radius 2 is 2.21 bits per heavy atom. The van der Waals surface area contributed by atoms with Gasteiger partial charge in [0.05, 0.1) is 24.8 Å². The topological polar surface area (TPSA) is 74.5 Å². The smallest absolute Gasteiger partial charge is 0.241 e. The molecule has 2 rings (SSSR count). The molecule has 0 atom stereocenters. The average molecular weight is 332 g/mol. The summed E-state index contributed by atoms with van der Waals surface area (Å²) in [6.07, 6.45) is 8.80. The van der Waals surface area contributed by atoms with E-state index in [-0.39, 0.29) is 12.5 Å².